The molecule has 2 aromatic carbocycles. The van der Waals surface area contributed by atoms with Crippen LogP contribution in [0.3, 0.4) is 0 Å². The molecule has 18 heavy (non-hydrogen) atoms. The zero-order valence-electron chi connectivity index (χ0n) is 8.99. The molecule has 0 saturated heterocycles. The monoisotopic (exact) mass is 312 g/mol. The molecule has 0 aliphatic carbocycles. The Kier molecular flexibility index (Phi) is 3.72. The molecule has 0 spiro atoms. The molecule has 0 atom stereocenters. The highest BCUT2D eigenvalue weighted by Crippen LogP contribution is 2.30. The van der Waals surface area contributed by atoms with E-state index in [0.717, 1.165) is 6.07 Å². The summed E-state index contributed by atoms with van der Waals surface area (Å²) in [7, 11) is 0. The molecule has 5 heteroatoms. The fourth-order valence-electron chi connectivity index (χ4n) is 1.39. The van der Waals surface area contributed by atoms with Crippen LogP contribution in [0.5, 0.6) is 11.5 Å². The minimum atomic E-state index is -0.710. The van der Waals surface area contributed by atoms with Gasteiger partial charge in [-0.1, -0.05) is 22.0 Å². The topological polar surface area (TPSA) is 26.3 Å². The smallest absolute Gasteiger partial charge is 0.165 e. The highest BCUT2D eigenvalue weighted by molar-refractivity contribution is 9.10. The summed E-state index contributed by atoms with van der Waals surface area (Å²) in [6.07, 6.45) is 0.334. The van der Waals surface area contributed by atoms with Gasteiger partial charge in [-0.05, 0) is 30.3 Å². The zero-order chi connectivity index (χ0) is 13.1. The Hall–Kier alpha value is -1.75. The van der Waals surface area contributed by atoms with Gasteiger partial charge in [0.1, 0.15) is 11.6 Å². The second-order valence-electron chi connectivity index (χ2n) is 3.45. The Bertz CT molecular complexity index is 600. The summed E-state index contributed by atoms with van der Waals surface area (Å²) in [5.74, 6) is -1.42. The fraction of sp³-hybridized carbons (Fsp3) is 0. The molecule has 0 radical (unpaired) electrons. The van der Waals surface area contributed by atoms with Crippen LogP contribution in [0.25, 0.3) is 0 Å². The fourth-order valence-corrected chi connectivity index (χ4v) is 1.73. The largest absolute Gasteiger partial charge is 0.453 e. The lowest BCUT2D eigenvalue weighted by Gasteiger charge is -2.09. The number of carbonyl (C=O) groups is 1. The second kappa shape index (κ2) is 5.27. The van der Waals surface area contributed by atoms with E-state index in [1.165, 1.54) is 30.3 Å². The molecule has 2 aromatic rings. The molecule has 2 rings (SSSR count). The second-order valence-corrected chi connectivity index (χ2v) is 4.36. The van der Waals surface area contributed by atoms with Crippen LogP contribution in [0, 0.1) is 11.6 Å². The molecule has 0 N–H and O–H groups in total. The maximum atomic E-state index is 13.5. The van der Waals surface area contributed by atoms with Gasteiger partial charge in [0.15, 0.2) is 17.9 Å². The van der Waals surface area contributed by atoms with Crippen LogP contribution < -0.4 is 4.74 Å². The number of hydrogen-bond donors (Lipinski definition) is 0. The Balaban J connectivity index is 2.43. The molecule has 2 nitrogen and oxygen atoms in total. The van der Waals surface area contributed by atoms with E-state index in [1.807, 2.05) is 0 Å². The maximum absolute atomic E-state index is 13.5. The number of ether oxygens (including phenoxy) is 1. The summed E-state index contributed by atoms with van der Waals surface area (Å²) >= 11 is 3.17. The van der Waals surface area contributed by atoms with Crippen molar-refractivity contribution in [2.75, 3.05) is 0 Å². The minimum Gasteiger partial charge on any atom is -0.453 e. The number of hydrogen-bond acceptors (Lipinski definition) is 2. The third-order valence-electron chi connectivity index (χ3n) is 2.24. The number of carbonyl (C=O) groups excluding carboxylic acids is 1. The van der Waals surface area contributed by atoms with Gasteiger partial charge in [-0.15, -0.1) is 0 Å². The van der Waals surface area contributed by atoms with Gasteiger partial charge in [0.2, 0.25) is 0 Å². The van der Waals surface area contributed by atoms with E-state index in [-0.39, 0.29) is 17.1 Å². The van der Waals surface area contributed by atoms with Gasteiger partial charge < -0.3 is 4.74 Å². The molecule has 0 bridgehead atoms. The molecular formula is C13H7BrF2O2. The molecular weight excluding hydrogens is 306 g/mol. The van der Waals surface area contributed by atoms with Crippen LogP contribution in [0.1, 0.15) is 10.4 Å². The average Bonchev–Trinajstić information content (AvgIpc) is 2.34. The van der Waals surface area contributed by atoms with E-state index in [1.54, 1.807) is 0 Å². The number of aldehydes is 1. The minimum absolute atomic E-state index is 0.0259. The van der Waals surface area contributed by atoms with Crippen LogP contribution in [0.4, 0.5) is 8.78 Å². The first-order valence-electron chi connectivity index (χ1n) is 4.98. The van der Waals surface area contributed by atoms with Crippen molar-refractivity contribution in [3.05, 3.63) is 58.1 Å². The summed E-state index contributed by atoms with van der Waals surface area (Å²) in [4.78, 5) is 10.8. The normalized spacial score (nSPS) is 10.2. The van der Waals surface area contributed by atoms with Gasteiger partial charge >= 0.3 is 0 Å². The van der Waals surface area contributed by atoms with Crippen LogP contribution in [0.2, 0.25) is 0 Å². The van der Waals surface area contributed by atoms with Crippen LogP contribution in [-0.2, 0) is 0 Å². The van der Waals surface area contributed by atoms with E-state index in [0.29, 0.717) is 10.8 Å². The summed E-state index contributed by atoms with van der Waals surface area (Å²) in [5, 5.41) is 0. The van der Waals surface area contributed by atoms with Crippen molar-refractivity contribution < 1.29 is 18.3 Å². The first-order chi connectivity index (χ1) is 8.61. The van der Waals surface area contributed by atoms with Crippen molar-refractivity contribution in [3.63, 3.8) is 0 Å². The van der Waals surface area contributed by atoms with Gasteiger partial charge in [0.25, 0.3) is 0 Å². The summed E-state index contributed by atoms with van der Waals surface area (Å²) in [5.41, 5.74) is -0.239. The average molecular weight is 313 g/mol. The predicted molar refractivity (Wildman–Crippen MR) is 66.0 cm³/mol. The van der Waals surface area contributed by atoms with Crippen molar-refractivity contribution >= 4 is 22.2 Å². The molecule has 0 aliphatic heterocycles. The van der Waals surface area contributed by atoms with Gasteiger partial charge in [0, 0.05) is 4.47 Å². The summed E-state index contributed by atoms with van der Waals surface area (Å²) < 4.78 is 32.6. The van der Waals surface area contributed by atoms with Crippen LogP contribution in [0.15, 0.2) is 40.9 Å². The molecule has 0 aromatic heterocycles. The van der Waals surface area contributed by atoms with Crippen molar-refractivity contribution in [1.29, 1.82) is 0 Å². The summed E-state index contributed by atoms with van der Waals surface area (Å²) in [6.45, 7) is 0. The van der Waals surface area contributed by atoms with Crippen molar-refractivity contribution in [2.45, 2.75) is 0 Å². The first-order valence-corrected chi connectivity index (χ1v) is 5.77. The maximum Gasteiger partial charge on any atom is 0.165 e. The van der Waals surface area contributed by atoms with Gasteiger partial charge in [-0.3, -0.25) is 4.79 Å². The highest BCUT2D eigenvalue weighted by atomic mass is 79.9. The Morgan fingerprint density at radius 3 is 2.56 bits per heavy atom. The molecule has 0 saturated carbocycles. The molecule has 0 fully saturated rings. The summed E-state index contributed by atoms with van der Waals surface area (Å²) in [6, 6.07) is 8.02. The molecule has 0 amide bonds. The van der Waals surface area contributed by atoms with E-state index < -0.39 is 11.6 Å². The van der Waals surface area contributed by atoms with Gasteiger partial charge in [-0.2, -0.15) is 0 Å². The lowest BCUT2D eigenvalue weighted by Crippen LogP contribution is -1.95. The molecule has 0 aliphatic rings. The number of rotatable bonds is 3. The quantitative estimate of drug-likeness (QED) is 0.788. The third-order valence-corrected chi connectivity index (χ3v) is 2.74. The lowest BCUT2D eigenvalue weighted by atomic mass is 10.2. The zero-order valence-corrected chi connectivity index (χ0v) is 10.6. The van der Waals surface area contributed by atoms with E-state index in [4.69, 9.17) is 4.74 Å². The van der Waals surface area contributed by atoms with E-state index >= 15 is 0 Å². The molecule has 92 valence electrons. The predicted octanol–water partition coefficient (Wildman–Crippen LogP) is 4.33. The van der Waals surface area contributed by atoms with E-state index in [9.17, 15) is 13.6 Å². The number of halogens is 3. The van der Waals surface area contributed by atoms with Crippen molar-refractivity contribution in [1.82, 2.24) is 0 Å². The van der Waals surface area contributed by atoms with Gasteiger partial charge in [-0.25, -0.2) is 8.78 Å². The molecule has 0 heterocycles. The first kappa shape index (κ1) is 12.7. The Morgan fingerprint density at radius 1 is 1.06 bits per heavy atom. The van der Waals surface area contributed by atoms with Crippen molar-refractivity contribution in [3.8, 4) is 11.5 Å². The number of benzene rings is 2. The van der Waals surface area contributed by atoms with E-state index in [2.05, 4.69) is 15.9 Å². The molecule has 0 unspecified atom stereocenters. The van der Waals surface area contributed by atoms with Crippen LogP contribution >= 0.6 is 15.9 Å². The highest BCUT2D eigenvalue weighted by Gasteiger charge is 2.12. The lowest BCUT2D eigenvalue weighted by molar-refractivity contribution is 0.111. The Morgan fingerprint density at radius 2 is 1.83 bits per heavy atom. The standard InChI is InChI=1S/C13H7BrF2O2/c14-8-4-5-11(16)13(6-8)18-12-3-1-2-10(15)9(12)7-17/h1-7H. The third kappa shape index (κ3) is 2.56. The Labute approximate surface area is 110 Å². The SMILES string of the molecule is O=Cc1c(F)cccc1Oc1cc(Br)ccc1F. The van der Waals surface area contributed by atoms with Crippen molar-refractivity contribution in [2.24, 2.45) is 0 Å². The van der Waals surface area contributed by atoms with Gasteiger partial charge in [0.05, 0.1) is 5.56 Å². The van der Waals surface area contributed by atoms with Crippen LogP contribution in [-0.4, -0.2) is 6.29 Å².